The van der Waals surface area contributed by atoms with Crippen LogP contribution in [-0.4, -0.2) is 76.7 Å². The van der Waals surface area contributed by atoms with E-state index < -0.39 is 35.8 Å². The molecule has 0 radical (unpaired) electrons. The lowest BCUT2D eigenvalue weighted by Crippen LogP contribution is -2.60. The molecule has 5 N–H and O–H groups in total. The molecule has 0 saturated heterocycles. The van der Waals surface area contributed by atoms with E-state index in [4.69, 9.17) is 4.74 Å². The topological polar surface area (TPSA) is 151 Å². The van der Waals surface area contributed by atoms with E-state index in [2.05, 4.69) is 43.9 Å². The summed E-state index contributed by atoms with van der Waals surface area (Å²) < 4.78 is 20.3. The van der Waals surface area contributed by atoms with Gasteiger partial charge >= 0.3 is 0 Å². The zero-order chi connectivity index (χ0) is 33.2. The van der Waals surface area contributed by atoms with Crippen molar-refractivity contribution in [1.29, 1.82) is 0 Å². The molecule has 13 heteroatoms. The molecule has 1 aliphatic heterocycles. The first-order chi connectivity index (χ1) is 22.0. The van der Waals surface area contributed by atoms with Gasteiger partial charge in [-0.3, -0.25) is 19.7 Å². The van der Waals surface area contributed by atoms with Crippen LogP contribution in [0.5, 0.6) is 5.75 Å². The highest BCUT2D eigenvalue weighted by atomic mass is 19.1. The van der Waals surface area contributed by atoms with E-state index >= 15 is 0 Å². The van der Waals surface area contributed by atoms with Gasteiger partial charge < -0.3 is 26.1 Å². The highest BCUT2D eigenvalue weighted by Gasteiger charge is 2.32. The number of benzene rings is 2. The summed E-state index contributed by atoms with van der Waals surface area (Å²) >= 11 is 0. The number of fused-ring (bicyclic) bond motifs is 1. The van der Waals surface area contributed by atoms with E-state index in [0.29, 0.717) is 24.2 Å². The normalized spacial score (nSPS) is 23.6. The smallest absolute Gasteiger partial charge is 0.244 e. The fraction of sp³-hybridized carbons (Fsp3) is 0.485. The van der Waals surface area contributed by atoms with Crippen LogP contribution in [-0.2, 0) is 20.8 Å². The van der Waals surface area contributed by atoms with E-state index in [0.717, 1.165) is 11.3 Å². The standard InChI is InChI=1S/C33H45FN8O4/c1-20(2)30-33(45)38-28(17-36-42-18-22(4)40-41-42)31(43)35-14-13-21(3)26-11-6-7-12-29(26)46-19-23(5)37-27(32(44)39-30)16-24-9-8-10-25(34)15-24/h6-12,15,18,20-21,23,27-28,30,36-37H,13-14,16-17,19H2,1-5H3,(H,35,43)(H,38,45)(H,39,44)/t21?,23-,27+,28-,30+/m0/s1. The molecule has 2 aromatic carbocycles. The Morgan fingerprint density at radius 2 is 1.80 bits per heavy atom. The minimum atomic E-state index is -0.985. The predicted molar refractivity (Wildman–Crippen MR) is 172 cm³/mol. The fourth-order valence-electron chi connectivity index (χ4n) is 5.31. The highest BCUT2D eigenvalue weighted by molar-refractivity contribution is 5.93. The number of nitrogens with zero attached hydrogens (tertiary/aromatic N) is 3. The lowest BCUT2D eigenvalue weighted by Gasteiger charge is -2.29. The Morgan fingerprint density at radius 1 is 1.02 bits per heavy atom. The van der Waals surface area contributed by atoms with Gasteiger partial charge in [-0.2, -0.15) is 4.79 Å². The van der Waals surface area contributed by atoms with E-state index in [-0.39, 0.29) is 43.4 Å². The summed E-state index contributed by atoms with van der Waals surface area (Å²) in [5.41, 5.74) is 5.29. The minimum Gasteiger partial charge on any atom is -0.492 e. The maximum absolute atomic E-state index is 14.1. The SMILES string of the molecule is Cc1cn(NC[C@@H]2NC(=O)[C@@H](C(C)C)NC(=O)[C@@H](Cc3cccc(F)c3)N[C@@H](C)COc3ccccc3C(C)CCNC2=O)nn1. The van der Waals surface area contributed by atoms with E-state index in [1.165, 1.54) is 16.9 Å². The summed E-state index contributed by atoms with van der Waals surface area (Å²) in [6.07, 6.45) is 2.48. The van der Waals surface area contributed by atoms with Crippen LogP contribution in [0, 0.1) is 18.7 Å². The highest BCUT2D eigenvalue weighted by Crippen LogP contribution is 2.28. The Balaban J connectivity index is 1.63. The Morgan fingerprint density at radius 3 is 2.52 bits per heavy atom. The molecule has 1 aromatic heterocycles. The minimum absolute atomic E-state index is 0.0205. The first-order valence-electron chi connectivity index (χ1n) is 15.7. The van der Waals surface area contributed by atoms with Gasteiger partial charge in [0.25, 0.3) is 0 Å². The van der Waals surface area contributed by atoms with Gasteiger partial charge in [-0.15, -0.1) is 5.10 Å². The summed E-state index contributed by atoms with van der Waals surface area (Å²) in [4.78, 5) is 42.3. The van der Waals surface area contributed by atoms with Crippen molar-refractivity contribution in [2.24, 2.45) is 5.92 Å². The largest absolute Gasteiger partial charge is 0.492 e. The Kier molecular flexibility index (Phi) is 12.1. The van der Waals surface area contributed by atoms with Crippen LogP contribution in [0.4, 0.5) is 4.39 Å². The van der Waals surface area contributed by atoms with Crippen LogP contribution in [0.1, 0.15) is 56.9 Å². The van der Waals surface area contributed by atoms with Gasteiger partial charge in [0.15, 0.2) is 0 Å². The van der Waals surface area contributed by atoms with E-state index in [1.807, 2.05) is 45.0 Å². The molecule has 46 heavy (non-hydrogen) atoms. The first kappa shape index (κ1) is 34.4. The number of ether oxygens (including phenoxy) is 1. The van der Waals surface area contributed by atoms with Crippen LogP contribution in [0.25, 0.3) is 0 Å². The van der Waals surface area contributed by atoms with Gasteiger partial charge in [-0.25, -0.2) is 4.39 Å². The van der Waals surface area contributed by atoms with Gasteiger partial charge in [0.2, 0.25) is 17.7 Å². The molecule has 3 amide bonds. The number of amides is 3. The summed E-state index contributed by atoms with van der Waals surface area (Å²) in [5, 5.41) is 19.9. The molecule has 1 unspecified atom stereocenters. The third kappa shape index (κ3) is 9.74. The average Bonchev–Trinajstić information content (AvgIpc) is 3.44. The Labute approximate surface area is 269 Å². The molecule has 3 aromatic rings. The zero-order valence-electron chi connectivity index (χ0n) is 27.0. The van der Waals surface area contributed by atoms with Crippen molar-refractivity contribution in [3.05, 3.63) is 77.4 Å². The van der Waals surface area contributed by atoms with Crippen molar-refractivity contribution in [2.45, 2.75) is 77.5 Å². The van der Waals surface area contributed by atoms with Crippen LogP contribution >= 0.6 is 0 Å². The van der Waals surface area contributed by atoms with Gasteiger partial charge in [-0.1, -0.05) is 51.1 Å². The van der Waals surface area contributed by atoms with Crippen molar-refractivity contribution in [2.75, 3.05) is 25.1 Å². The molecule has 0 aliphatic carbocycles. The molecule has 248 valence electrons. The number of hydrogen-bond acceptors (Lipinski definition) is 8. The second-order valence-corrected chi connectivity index (χ2v) is 12.2. The third-order valence-electron chi connectivity index (χ3n) is 7.89. The number of carbonyl (C=O) groups is 3. The maximum Gasteiger partial charge on any atom is 0.244 e. The van der Waals surface area contributed by atoms with Crippen LogP contribution in [0.2, 0.25) is 0 Å². The number of para-hydroxylation sites is 1. The Bertz CT molecular complexity index is 1480. The van der Waals surface area contributed by atoms with Crippen LogP contribution < -0.4 is 31.4 Å². The third-order valence-corrected chi connectivity index (χ3v) is 7.89. The van der Waals surface area contributed by atoms with Gasteiger partial charge in [0.05, 0.1) is 24.5 Å². The summed E-state index contributed by atoms with van der Waals surface area (Å²) in [6.45, 7) is 10.0. The fourth-order valence-corrected chi connectivity index (χ4v) is 5.31. The first-order valence-corrected chi connectivity index (χ1v) is 15.7. The summed E-state index contributed by atoms with van der Waals surface area (Å²) in [7, 11) is 0. The molecule has 0 bridgehead atoms. The average molecular weight is 637 g/mol. The number of hydrogen-bond donors (Lipinski definition) is 5. The van der Waals surface area contributed by atoms with Crippen molar-refractivity contribution in [1.82, 2.24) is 36.4 Å². The molecule has 2 heterocycles. The molecule has 12 nitrogen and oxygen atoms in total. The summed E-state index contributed by atoms with van der Waals surface area (Å²) in [6, 6.07) is 10.8. The quantitative estimate of drug-likeness (QED) is 0.276. The lowest BCUT2D eigenvalue weighted by molar-refractivity contribution is -0.133. The molecule has 1 aliphatic rings. The molecule has 0 saturated carbocycles. The number of aromatic nitrogens is 3. The predicted octanol–water partition coefficient (Wildman–Crippen LogP) is 2.19. The van der Waals surface area contributed by atoms with Crippen LogP contribution in [0.3, 0.4) is 0 Å². The van der Waals surface area contributed by atoms with E-state index in [1.54, 1.807) is 25.3 Å². The van der Waals surface area contributed by atoms with E-state index in [9.17, 15) is 18.8 Å². The van der Waals surface area contributed by atoms with Crippen LogP contribution in [0.15, 0.2) is 54.7 Å². The number of nitrogens with one attached hydrogen (secondary N) is 5. The molecule has 0 fully saturated rings. The molecule has 0 spiro atoms. The molecular formula is C33H45FN8O4. The van der Waals surface area contributed by atoms with Crippen molar-refractivity contribution < 1.29 is 23.5 Å². The monoisotopic (exact) mass is 636 g/mol. The number of carbonyl (C=O) groups excluding carboxylic acids is 3. The number of aryl methyl sites for hydroxylation is 1. The number of rotatable bonds is 6. The van der Waals surface area contributed by atoms with Gasteiger partial charge in [0.1, 0.15) is 30.3 Å². The maximum atomic E-state index is 14.1. The molecule has 5 atom stereocenters. The molecule has 4 rings (SSSR count). The van der Waals surface area contributed by atoms with Crippen molar-refractivity contribution >= 4 is 17.7 Å². The molecular weight excluding hydrogens is 591 g/mol. The second kappa shape index (κ2) is 16.2. The van der Waals surface area contributed by atoms with Gasteiger partial charge in [-0.05, 0) is 73.1 Å². The summed E-state index contributed by atoms with van der Waals surface area (Å²) in [5.74, 6) is -1.26. The van der Waals surface area contributed by atoms with Crippen molar-refractivity contribution in [3.8, 4) is 5.75 Å². The Hall–Kier alpha value is -4.52. The zero-order valence-corrected chi connectivity index (χ0v) is 27.0. The lowest BCUT2D eigenvalue weighted by atomic mass is 9.96. The second-order valence-electron chi connectivity index (χ2n) is 12.2. The van der Waals surface area contributed by atoms with Crippen molar-refractivity contribution in [3.63, 3.8) is 0 Å². The van der Waals surface area contributed by atoms with Gasteiger partial charge in [0, 0.05) is 12.6 Å². The number of halogens is 1.